The number of imidazole rings is 1. The van der Waals surface area contributed by atoms with Crippen LogP contribution >= 0.6 is 23.2 Å². The highest BCUT2D eigenvalue weighted by Crippen LogP contribution is 2.17. The lowest BCUT2D eigenvalue weighted by Gasteiger charge is -1.95. The normalized spacial score (nSPS) is 9.92. The predicted molar refractivity (Wildman–Crippen MR) is 46.6 cm³/mol. The number of hydrogen-bond acceptors (Lipinski definition) is 2. The summed E-state index contributed by atoms with van der Waals surface area (Å²) >= 11 is 11.1. The average Bonchev–Trinajstić information content (AvgIpc) is 2.33. The van der Waals surface area contributed by atoms with Crippen molar-refractivity contribution in [2.45, 2.75) is 6.92 Å². The van der Waals surface area contributed by atoms with Gasteiger partial charge in [-0.1, -0.05) is 23.2 Å². The number of carbonyl (C=O) groups is 1. The Morgan fingerprint density at radius 3 is 2.75 bits per heavy atom. The average molecular weight is 208 g/mol. The van der Waals surface area contributed by atoms with Crippen molar-refractivity contribution in [1.29, 1.82) is 0 Å². The molecule has 0 spiro atoms. The molecule has 2 N–H and O–H groups in total. The Kier molecular flexibility index (Phi) is 2.94. The van der Waals surface area contributed by atoms with Gasteiger partial charge in [0.25, 0.3) is 5.91 Å². The van der Waals surface area contributed by atoms with Gasteiger partial charge in [0.2, 0.25) is 0 Å². The SMILES string of the molecule is CCNC(=O)c1nc(Cl)c(Cl)[nH]1. The number of nitrogens with one attached hydrogen (secondary N) is 2. The molecule has 0 aliphatic rings. The fraction of sp³-hybridized carbons (Fsp3) is 0.333. The molecule has 66 valence electrons. The molecule has 1 aromatic rings. The number of rotatable bonds is 2. The van der Waals surface area contributed by atoms with Crippen LogP contribution in [0.4, 0.5) is 0 Å². The minimum absolute atomic E-state index is 0.109. The third-order valence-corrected chi connectivity index (χ3v) is 1.82. The summed E-state index contributed by atoms with van der Waals surface area (Å²) in [5, 5.41) is 2.84. The van der Waals surface area contributed by atoms with Crippen molar-refractivity contribution in [3.05, 3.63) is 16.1 Å². The first kappa shape index (κ1) is 9.35. The zero-order valence-corrected chi connectivity index (χ0v) is 7.83. The lowest BCUT2D eigenvalue weighted by molar-refractivity contribution is 0.0946. The van der Waals surface area contributed by atoms with Crippen LogP contribution < -0.4 is 5.32 Å². The van der Waals surface area contributed by atoms with E-state index in [1.807, 2.05) is 6.92 Å². The van der Waals surface area contributed by atoms with E-state index in [0.29, 0.717) is 6.54 Å². The van der Waals surface area contributed by atoms with Crippen LogP contribution in [0.1, 0.15) is 17.5 Å². The van der Waals surface area contributed by atoms with Crippen LogP contribution in [0.15, 0.2) is 0 Å². The van der Waals surface area contributed by atoms with Crippen molar-refractivity contribution >= 4 is 29.1 Å². The zero-order valence-electron chi connectivity index (χ0n) is 6.32. The highest BCUT2D eigenvalue weighted by atomic mass is 35.5. The fourth-order valence-electron chi connectivity index (χ4n) is 0.683. The monoisotopic (exact) mass is 207 g/mol. The van der Waals surface area contributed by atoms with E-state index in [0.717, 1.165) is 0 Å². The number of carbonyl (C=O) groups excluding carboxylic acids is 1. The molecule has 0 aliphatic heterocycles. The molecular formula is C6H7Cl2N3O. The summed E-state index contributed by atoms with van der Waals surface area (Å²) in [6.07, 6.45) is 0. The molecule has 1 rings (SSSR count). The molecule has 0 aliphatic carbocycles. The molecule has 1 heterocycles. The van der Waals surface area contributed by atoms with E-state index >= 15 is 0 Å². The maximum Gasteiger partial charge on any atom is 0.287 e. The molecule has 0 bridgehead atoms. The molecule has 6 heteroatoms. The fourth-order valence-corrected chi connectivity index (χ4v) is 0.946. The van der Waals surface area contributed by atoms with Crippen LogP contribution in [-0.4, -0.2) is 22.4 Å². The van der Waals surface area contributed by atoms with E-state index < -0.39 is 0 Å². The van der Waals surface area contributed by atoms with Crippen molar-refractivity contribution in [3.63, 3.8) is 0 Å². The van der Waals surface area contributed by atoms with Crippen LogP contribution in [0.3, 0.4) is 0 Å². The number of nitrogens with zero attached hydrogens (tertiary/aromatic N) is 1. The Morgan fingerprint density at radius 1 is 1.67 bits per heavy atom. The largest absolute Gasteiger partial charge is 0.350 e. The molecule has 1 amide bonds. The highest BCUT2D eigenvalue weighted by molar-refractivity contribution is 6.40. The second kappa shape index (κ2) is 3.78. The minimum Gasteiger partial charge on any atom is -0.350 e. The standard InChI is InChI=1S/C6H7Cl2N3O/c1-2-9-6(12)5-10-3(7)4(8)11-5/h2H2,1H3,(H,9,12)(H,10,11). The van der Waals surface area contributed by atoms with Gasteiger partial charge in [-0.25, -0.2) is 4.98 Å². The van der Waals surface area contributed by atoms with E-state index in [1.54, 1.807) is 0 Å². The van der Waals surface area contributed by atoms with E-state index in [9.17, 15) is 4.79 Å². The predicted octanol–water partition coefficient (Wildman–Crippen LogP) is 1.47. The number of amides is 1. The van der Waals surface area contributed by atoms with Crippen LogP contribution in [0.25, 0.3) is 0 Å². The van der Waals surface area contributed by atoms with E-state index in [4.69, 9.17) is 23.2 Å². The first-order valence-electron chi connectivity index (χ1n) is 3.34. The smallest absolute Gasteiger partial charge is 0.287 e. The Bertz CT molecular complexity index is 277. The van der Waals surface area contributed by atoms with E-state index in [-0.39, 0.29) is 22.0 Å². The first-order valence-corrected chi connectivity index (χ1v) is 4.10. The Labute approximate surface area is 79.3 Å². The summed E-state index contributed by atoms with van der Waals surface area (Å²) < 4.78 is 0. The topological polar surface area (TPSA) is 57.8 Å². The second-order valence-electron chi connectivity index (χ2n) is 2.05. The number of H-pyrrole nitrogens is 1. The highest BCUT2D eigenvalue weighted by Gasteiger charge is 2.11. The third-order valence-electron chi connectivity index (χ3n) is 1.17. The van der Waals surface area contributed by atoms with E-state index in [2.05, 4.69) is 15.3 Å². The number of halogens is 2. The van der Waals surface area contributed by atoms with Gasteiger partial charge in [0.1, 0.15) is 5.15 Å². The molecule has 0 fully saturated rings. The molecule has 1 aromatic heterocycles. The molecule has 0 saturated carbocycles. The van der Waals surface area contributed by atoms with Gasteiger partial charge in [-0.05, 0) is 6.92 Å². The van der Waals surface area contributed by atoms with Crippen LogP contribution in [0.2, 0.25) is 10.3 Å². The van der Waals surface area contributed by atoms with Gasteiger partial charge in [-0.3, -0.25) is 4.79 Å². The van der Waals surface area contributed by atoms with Crippen molar-refractivity contribution < 1.29 is 4.79 Å². The maximum atomic E-state index is 11.1. The Hall–Kier alpha value is -0.740. The van der Waals surface area contributed by atoms with Gasteiger partial charge in [-0.2, -0.15) is 0 Å². The summed E-state index contributed by atoms with van der Waals surface area (Å²) in [6, 6.07) is 0. The van der Waals surface area contributed by atoms with E-state index in [1.165, 1.54) is 0 Å². The third kappa shape index (κ3) is 1.89. The van der Waals surface area contributed by atoms with Crippen molar-refractivity contribution in [3.8, 4) is 0 Å². The molecule has 0 unspecified atom stereocenters. The number of aromatic nitrogens is 2. The zero-order chi connectivity index (χ0) is 9.14. The van der Waals surface area contributed by atoms with Gasteiger partial charge < -0.3 is 10.3 Å². The lowest BCUT2D eigenvalue weighted by Crippen LogP contribution is -2.23. The molecule has 0 radical (unpaired) electrons. The maximum absolute atomic E-state index is 11.1. The summed E-state index contributed by atoms with van der Waals surface area (Å²) in [4.78, 5) is 17.3. The van der Waals surface area contributed by atoms with Gasteiger partial charge in [0.05, 0.1) is 0 Å². The summed E-state index contributed by atoms with van der Waals surface area (Å²) in [7, 11) is 0. The first-order chi connectivity index (χ1) is 5.65. The van der Waals surface area contributed by atoms with Gasteiger partial charge in [-0.15, -0.1) is 0 Å². The Balaban J connectivity index is 2.82. The quantitative estimate of drug-likeness (QED) is 0.772. The van der Waals surface area contributed by atoms with Crippen molar-refractivity contribution in [1.82, 2.24) is 15.3 Å². The molecule has 0 atom stereocenters. The molecular weight excluding hydrogens is 201 g/mol. The minimum atomic E-state index is -0.314. The summed E-state index contributed by atoms with van der Waals surface area (Å²) in [6.45, 7) is 2.35. The molecule has 12 heavy (non-hydrogen) atoms. The van der Waals surface area contributed by atoms with Crippen molar-refractivity contribution in [2.24, 2.45) is 0 Å². The van der Waals surface area contributed by atoms with Crippen LogP contribution in [0, 0.1) is 0 Å². The number of aromatic amines is 1. The van der Waals surface area contributed by atoms with Gasteiger partial charge >= 0.3 is 0 Å². The molecule has 0 aromatic carbocycles. The van der Waals surface area contributed by atoms with Crippen LogP contribution in [-0.2, 0) is 0 Å². The van der Waals surface area contributed by atoms with Gasteiger partial charge in [0.15, 0.2) is 11.0 Å². The van der Waals surface area contributed by atoms with Gasteiger partial charge in [0, 0.05) is 6.54 Å². The molecule has 4 nitrogen and oxygen atoms in total. The van der Waals surface area contributed by atoms with Crippen LogP contribution in [0.5, 0.6) is 0 Å². The van der Waals surface area contributed by atoms with Crippen molar-refractivity contribution in [2.75, 3.05) is 6.54 Å². The number of hydrogen-bond donors (Lipinski definition) is 2. The summed E-state index contributed by atoms with van der Waals surface area (Å²) in [5.41, 5.74) is 0. The lowest BCUT2D eigenvalue weighted by atomic mass is 10.5. The Morgan fingerprint density at radius 2 is 2.33 bits per heavy atom. The molecule has 0 saturated heterocycles. The summed E-state index contributed by atoms with van der Waals surface area (Å²) in [5.74, 6) is -0.182. The second-order valence-corrected chi connectivity index (χ2v) is 2.79.